The summed E-state index contributed by atoms with van der Waals surface area (Å²) in [6, 6.07) is 7.45. The molecular weight excluding hydrogens is 415 g/mol. The van der Waals surface area contributed by atoms with Crippen molar-refractivity contribution in [2.45, 2.75) is 31.7 Å². The Morgan fingerprint density at radius 2 is 1.66 bits per heavy atom. The number of rotatable bonds is 5. The number of anilines is 1. The van der Waals surface area contributed by atoms with E-state index in [4.69, 9.17) is 10.5 Å². The molecule has 0 atom stereocenters. The summed E-state index contributed by atoms with van der Waals surface area (Å²) in [6.45, 7) is 7.68. The van der Waals surface area contributed by atoms with Crippen LogP contribution in [-0.4, -0.2) is 73.1 Å². The van der Waals surface area contributed by atoms with Crippen LogP contribution in [0.1, 0.15) is 25.3 Å². The van der Waals surface area contributed by atoms with Crippen molar-refractivity contribution in [3.63, 3.8) is 0 Å². The molecule has 0 saturated carbocycles. The number of carbonyl (C=O) groups is 2. The molecule has 2 aliphatic rings. The topological polar surface area (TPSA) is 87.9 Å². The molecule has 0 aliphatic carbocycles. The Bertz CT molecular complexity index is 658. The highest BCUT2D eigenvalue weighted by Crippen LogP contribution is 2.20. The van der Waals surface area contributed by atoms with Crippen molar-refractivity contribution in [3.05, 3.63) is 29.8 Å². The Morgan fingerprint density at radius 1 is 1.07 bits per heavy atom. The first-order chi connectivity index (χ1) is 13.0. The maximum Gasteiger partial charge on any atom is 0.244 e. The maximum atomic E-state index is 12.5. The molecule has 9 heteroatoms. The summed E-state index contributed by atoms with van der Waals surface area (Å²) in [4.78, 5) is 29.2. The second kappa shape index (κ2) is 11.7. The average Bonchev–Trinajstić information content (AvgIpc) is 2.70. The molecule has 2 fully saturated rings. The van der Waals surface area contributed by atoms with Gasteiger partial charge < -0.3 is 25.6 Å². The van der Waals surface area contributed by atoms with Crippen LogP contribution in [0.3, 0.4) is 0 Å². The molecule has 0 aromatic heterocycles. The number of hydrogen-bond acceptors (Lipinski definition) is 5. The Balaban J connectivity index is 0.00000210. The number of amides is 2. The summed E-state index contributed by atoms with van der Waals surface area (Å²) < 4.78 is 5.28. The second-order valence-electron chi connectivity index (χ2n) is 7.41. The smallest absolute Gasteiger partial charge is 0.244 e. The van der Waals surface area contributed by atoms with E-state index in [-0.39, 0.29) is 36.6 Å². The van der Waals surface area contributed by atoms with Gasteiger partial charge in [-0.1, -0.05) is 19.1 Å². The third kappa shape index (κ3) is 6.83. The number of carbonyl (C=O) groups excluding carboxylic acids is 2. The minimum Gasteiger partial charge on any atom is -0.381 e. The van der Waals surface area contributed by atoms with Crippen LogP contribution in [-0.2, 0) is 20.7 Å². The molecule has 2 saturated heterocycles. The normalized spacial score (nSPS) is 18.9. The quantitative estimate of drug-likeness (QED) is 0.717. The van der Waals surface area contributed by atoms with Gasteiger partial charge in [0, 0.05) is 45.1 Å². The fraction of sp³-hybridized carbons (Fsp3) is 0.600. The average molecular weight is 447 g/mol. The molecule has 2 amide bonds. The predicted molar refractivity (Wildman–Crippen MR) is 119 cm³/mol. The van der Waals surface area contributed by atoms with Crippen LogP contribution >= 0.6 is 24.8 Å². The van der Waals surface area contributed by atoms with Crippen LogP contribution in [0.2, 0.25) is 0 Å². The molecule has 3 N–H and O–H groups in total. The number of halogens is 2. The van der Waals surface area contributed by atoms with Gasteiger partial charge in [-0.2, -0.15) is 0 Å². The molecule has 29 heavy (non-hydrogen) atoms. The van der Waals surface area contributed by atoms with E-state index in [1.54, 1.807) is 0 Å². The number of benzene rings is 1. The van der Waals surface area contributed by atoms with Gasteiger partial charge in [0.2, 0.25) is 11.8 Å². The lowest BCUT2D eigenvalue weighted by Crippen LogP contribution is -2.54. The lowest BCUT2D eigenvalue weighted by atomic mass is 9.90. The van der Waals surface area contributed by atoms with E-state index in [1.165, 1.54) is 0 Å². The second-order valence-corrected chi connectivity index (χ2v) is 7.41. The number of hydrogen-bond donors (Lipinski definition) is 2. The molecule has 1 aromatic rings. The maximum absolute atomic E-state index is 12.5. The summed E-state index contributed by atoms with van der Waals surface area (Å²) in [7, 11) is 0. The highest BCUT2D eigenvalue weighted by Gasteiger charge is 2.35. The van der Waals surface area contributed by atoms with E-state index < -0.39 is 5.54 Å². The van der Waals surface area contributed by atoms with Crippen molar-refractivity contribution in [2.75, 3.05) is 51.3 Å². The van der Waals surface area contributed by atoms with Gasteiger partial charge in [-0.15, -0.1) is 24.8 Å². The minimum absolute atomic E-state index is 0. The molecule has 3 rings (SSSR count). The summed E-state index contributed by atoms with van der Waals surface area (Å²) in [5.74, 6) is -0.0194. The fourth-order valence-electron chi connectivity index (χ4n) is 3.52. The lowest BCUT2D eigenvalue weighted by Gasteiger charge is -2.34. The number of nitrogens with zero attached hydrogens (tertiary/aromatic N) is 2. The van der Waals surface area contributed by atoms with Gasteiger partial charge in [0.25, 0.3) is 0 Å². The number of ether oxygens (including phenoxy) is 1. The van der Waals surface area contributed by atoms with Gasteiger partial charge in [0.15, 0.2) is 0 Å². The molecule has 1 aromatic carbocycles. The largest absolute Gasteiger partial charge is 0.381 e. The molecule has 2 aliphatic heterocycles. The van der Waals surface area contributed by atoms with Crippen molar-refractivity contribution in [3.8, 4) is 0 Å². The summed E-state index contributed by atoms with van der Waals surface area (Å²) in [6.07, 6.45) is 1.44. The SMILES string of the molecule is CCN1CCN(C(=O)Cc2ccc(NC(=O)C3(N)CCOCC3)cc2)CC1.Cl.Cl. The molecule has 0 unspecified atom stereocenters. The zero-order chi connectivity index (χ0) is 19.3. The molecule has 164 valence electrons. The van der Waals surface area contributed by atoms with Gasteiger partial charge in [0.1, 0.15) is 5.54 Å². The van der Waals surface area contributed by atoms with E-state index in [0.717, 1.165) is 38.3 Å². The molecule has 2 heterocycles. The third-order valence-electron chi connectivity index (χ3n) is 5.58. The first kappa shape index (κ1) is 25.7. The third-order valence-corrected chi connectivity index (χ3v) is 5.58. The predicted octanol–water partition coefficient (Wildman–Crippen LogP) is 1.68. The van der Waals surface area contributed by atoms with Crippen molar-refractivity contribution in [1.29, 1.82) is 0 Å². The van der Waals surface area contributed by atoms with Gasteiger partial charge in [-0.05, 0) is 37.1 Å². The van der Waals surface area contributed by atoms with Gasteiger partial charge in [-0.3, -0.25) is 9.59 Å². The summed E-state index contributed by atoms with van der Waals surface area (Å²) >= 11 is 0. The van der Waals surface area contributed by atoms with Crippen molar-refractivity contribution >= 4 is 42.3 Å². The monoisotopic (exact) mass is 446 g/mol. The van der Waals surface area contributed by atoms with Crippen LogP contribution in [0.4, 0.5) is 5.69 Å². The molecular formula is C20H32Cl2N4O3. The zero-order valence-corrected chi connectivity index (χ0v) is 18.5. The van der Waals surface area contributed by atoms with Gasteiger partial charge in [-0.25, -0.2) is 0 Å². The van der Waals surface area contributed by atoms with E-state index in [1.807, 2.05) is 29.2 Å². The van der Waals surface area contributed by atoms with Crippen molar-refractivity contribution in [1.82, 2.24) is 9.80 Å². The number of nitrogens with two attached hydrogens (primary N) is 1. The highest BCUT2D eigenvalue weighted by atomic mass is 35.5. The zero-order valence-electron chi connectivity index (χ0n) is 16.9. The molecule has 7 nitrogen and oxygen atoms in total. The minimum atomic E-state index is -0.868. The van der Waals surface area contributed by atoms with Crippen molar-refractivity contribution < 1.29 is 14.3 Å². The van der Waals surface area contributed by atoms with E-state index in [9.17, 15) is 9.59 Å². The van der Waals surface area contributed by atoms with Crippen LogP contribution < -0.4 is 11.1 Å². The fourth-order valence-corrected chi connectivity index (χ4v) is 3.52. The lowest BCUT2D eigenvalue weighted by molar-refractivity contribution is -0.132. The first-order valence-corrected chi connectivity index (χ1v) is 9.77. The van der Waals surface area contributed by atoms with Crippen molar-refractivity contribution in [2.24, 2.45) is 5.73 Å². The molecule has 0 spiro atoms. The molecule has 0 bridgehead atoms. The van der Waals surface area contributed by atoms with Gasteiger partial charge >= 0.3 is 0 Å². The highest BCUT2D eigenvalue weighted by molar-refractivity contribution is 5.98. The Kier molecular flexibility index (Phi) is 10.4. The first-order valence-electron chi connectivity index (χ1n) is 9.77. The van der Waals surface area contributed by atoms with Gasteiger partial charge in [0.05, 0.1) is 6.42 Å². The summed E-state index contributed by atoms with van der Waals surface area (Å²) in [5, 5.41) is 2.89. The van der Waals surface area contributed by atoms with Crippen LogP contribution in [0.5, 0.6) is 0 Å². The number of likely N-dealkylation sites (N-methyl/N-ethyl adjacent to an activating group) is 1. The Hall–Kier alpha value is -1.38. The van der Waals surface area contributed by atoms with E-state index in [2.05, 4.69) is 17.1 Å². The van der Waals surface area contributed by atoms with Crippen LogP contribution in [0, 0.1) is 0 Å². The van der Waals surface area contributed by atoms with E-state index in [0.29, 0.717) is 38.2 Å². The Morgan fingerprint density at radius 3 is 2.21 bits per heavy atom. The number of nitrogens with one attached hydrogen (secondary N) is 1. The van der Waals surface area contributed by atoms with E-state index >= 15 is 0 Å². The standard InChI is InChI=1S/C20H30N4O3.2ClH/c1-2-23-9-11-24(12-10-23)18(25)15-16-3-5-17(6-4-16)22-19(26)20(21)7-13-27-14-8-20;;/h3-6H,2,7-15,21H2,1H3,(H,22,26);2*1H. The van der Waals surface area contributed by atoms with Crippen LogP contribution in [0.15, 0.2) is 24.3 Å². The molecule has 0 radical (unpaired) electrons. The van der Waals surface area contributed by atoms with Crippen LogP contribution in [0.25, 0.3) is 0 Å². The number of piperazine rings is 1. The Labute approximate surface area is 185 Å². The summed E-state index contributed by atoms with van der Waals surface area (Å²) in [5.41, 5.74) is 6.98.